The topological polar surface area (TPSA) is 75.6 Å². The Labute approximate surface area is 95.2 Å². The maximum Gasteiger partial charge on any atom is 0.323 e. The average Bonchev–Trinajstić information content (AvgIpc) is 2.44. The fraction of sp³-hybridized carbons (Fsp3) is 0.818. The summed E-state index contributed by atoms with van der Waals surface area (Å²) >= 11 is 0. The van der Waals surface area contributed by atoms with E-state index >= 15 is 0 Å². The molecule has 0 aliphatic carbocycles. The van der Waals surface area contributed by atoms with Gasteiger partial charge in [0.2, 0.25) is 0 Å². The zero-order valence-electron chi connectivity index (χ0n) is 10.1. The number of ether oxygens (including phenoxy) is 1. The van der Waals surface area contributed by atoms with Crippen LogP contribution in [0.1, 0.15) is 34.1 Å². The first-order valence-corrected chi connectivity index (χ1v) is 5.42. The number of nitrogens with one attached hydrogen (secondary N) is 1. The first kappa shape index (κ1) is 13.0. The molecule has 0 saturated carbocycles. The number of carbonyl (C=O) groups is 2. The molecule has 1 rings (SSSR count). The molecule has 1 aliphatic rings. The summed E-state index contributed by atoms with van der Waals surface area (Å²) in [6.07, 6.45) is 0.458. The van der Waals surface area contributed by atoms with Gasteiger partial charge in [0.1, 0.15) is 17.7 Å². The van der Waals surface area contributed by atoms with Crippen LogP contribution in [-0.2, 0) is 14.3 Å². The van der Waals surface area contributed by atoms with Gasteiger partial charge in [-0.05, 0) is 33.1 Å². The monoisotopic (exact) mass is 229 g/mol. The fourth-order valence-electron chi connectivity index (χ4n) is 1.79. The molecular weight excluding hydrogens is 210 g/mol. The summed E-state index contributed by atoms with van der Waals surface area (Å²) in [6, 6.07) is -1.16. The van der Waals surface area contributed by atoms with E-state index in [9.17, 15) is 9.59 Å². The zero-order chi connectivity index (χ0) is 12.5. The van der Waals surface area contributed by atoms with Crippen LogP contribution in [0.15, 0.2) is 0 Å². The molecule has 0 aromatic heterocycles. The van der Waals surface area contributed by atoms with Gasteiger partial charge in [-0.25, -0.2) is 0 Å². The van der Waals surface area contributed by atoms with E-state index in [0.717, 1.165) is 0 Å². The average molecular weight is 229 g/mol. The molecule has 5 heteroatoms. The van der Waals surface area contributed by atoms with E-state index in [1.807, 2.05) is 6.92 Å². The van der Waals surface area contributed by atoms with Crippen molar-refractivity contribution in [3.05, 3.63) is 0 Å². The third kappa shape index (κ3) is 3.20. The summed E-state index contributed by atoms with van der Waals surface area (Å²) in [7, 11) is 0. The molecule has 2 N–H and O–H groups in total. The smallest absolute Gasteiger partial charge is 0.323 e. The van der Waals surface area contributed by atoms with Crippen LogP contribution in [0.3, 0.4) is 0 Å². The molecule has 0 spiro atoms. The van der Waals surface area contributed by atoms with Crippen LogP contribution in [0.2, 0.25) is 0 Å². The second kappa shape index (κ2) is 4.41. The van der Waals surface area contributed by atoms with Crippen molar-refractivity contribution in [2.45, 2.75) is 51.8 Å². The molecule has 0 aromatic carbocycles. The number of carboxylic acid groups (broad SMARTS) is 1. The fourth-order valence-corrected chi connectivity index (χ4v) is 1.79. The minimum Gasteiger partial charge on any atom is -0.480 e. The van der Waals surface area contributed by atoms with Crippen LogP contribution in [0.5, 0.6) is 0 Å². The molecular formula is C11H19NO4. The number of carboxylic acids is 1. The Kier molecular flexibility index (Phi) is 3.57. The number of aliphatic carboxylic acids is 1. The summed E-state index contributed by atoms with van der Waals surface area (Å²) in [5.41, 5.74) is -0.542. The highest BCUT2D eigenvalue weighted by Crippen LogP contribution is 2.22. The van der Waals surface area contributed by atoms with Crippen molar-refractivity contribution < 1.29 is 19.4 Å². The predicted molar refractivity (Wildman–Crippen MR) is 58.0 cm³/mol. The lowest BCUT2D eigenvalue weighted by Gasteiger charge is -2.23. The Morgan fingerprint density at radius 3 is 2.31 bits per heavy atom. The molecule has 92 valence electrons. The van der Waals surface area contributed by atoms with Crippen molar-refractivity contribution in [2.24, 2.45) is 5.92 Å². The minimum atomic E-state index is -0.919. The van der Waals surface area contributed by atoms with Gasteiger partial charge in [-0.15, -0.1) is 0 Å². The number of carbonyl (C=O) groups excluding carboxylic acids is 1. The van der Waals surface area contributed by atoms with E-state index in [1.165, 1.54) is 0 Å². The Hall–Kier alpha value is -1.10. The molecule has 0 aromatic rings. The first-order chi connectivity index (χ1) is 7.20. The molecule has 0 bridgehead atoms. The van der Waals surface area contributed by atoms with Gasteiger partial charge < -0.3 is 9.84 Å². The van der Waals surface area contributed by atoms with E-state index in [1.54, 1.807) is 20.8 Å². The minimum absolute atomic E-state index is 0.0176. The van der Waals surface area contributed by atoms with Gasteiger partial charge in [0.25, 0.3) is 0 Å². The number of rotatable bonds is 2. The molecule has 3 atom stereocenters. The Morgan fingerprint density at radius 1 is 1.38 bits per heavy atom. The van der Waals surface area contributed by atoms with Crippen molar-refractivity contribution in [3.8, 4) is 0 Å². The van der Waals surface area contributed by atoms with Gasteiger partial charge in [0.05, 0.1) is 0 Å². The predicted octanol–water partition coefficient (Wildman–Crippen LogP) is 0.779. The summed E-state index contributed by atoms with van der Waals surface area (Å²) in [5, 5.41) is 11.6. The molecule has 1 fully saturated rings. The SMILES string of the molecule is CC1C[C@@H](C(=O)O)N[C@@H]1C(=O)OC(C)(C)C. The normalized spacial score (nSPS) is 30.1. The molecule has 1 heterocycles. The maximum absolute atomic E-state index is 11.8. The number of hydrogen-bond donors (Lipinski definition) is 2. The van der Waals surface area contributed by atoms with Crippen LogP contribution < -0.4 is 5.32 Å². The number of esters is 1. The summed E-state index contributed by atoms with van der Waals surface area (Å²) in [4.78, 5) is 22.5. The third-order valence-electron chi connectivity index (χ3n) is 2.52. The summed E-state index contributed by atoms with van der Waals surface area (Å²) < 4.78 is 5.23. The lowest BCUT2D eigenvalue weighted by atomic mass is 10.0. The standard InChI is InChI=1S/C11H19NO4/c1-6-5-7(9(13)14)12-8(6)10(15)16-11(2,3)4/h6-8,12H,5H2,1-4H3,(H,13,14)/t6?,7-,8-/m0/s1. The van der Waals surface area contributed by atoms with Gasteiger partial charge in [-0.1, -0.05) is 6.92 Å². The highest BCUT2D eigenvalue weighted by molar-refractivity contribution is 5.81. The second-order valence-electron chi connectivity index (χ2n) is 5.28. The molecule has 5 nitrogen and oxygen atoms in total. The summed E-state index contributed by atoms with van der Waals surface area (Å²) in [6.45, 7) is 7.22. The maximum atomic E-state index is 11.8. The third-order valence-corrected chi connectivity index (χ3v) is 2.52. The molecule has 0 radical (unpaired) electrons. The van der Waals surface area contributed by atoms with Crippen molar-refractivity contribution in [3.63, 3.8) is 0 Å². The van der Waals surface area contributed by atoms with Crippen molar-refractivity contribution >= 4 is 11.9 Å². The van der Waals surface area contributed by atoms with E-state index in [-0.39, 0.29) is 11.9 Å². The summed E-state index contributed by atoms with van der Waals surface area (Å²) in [5.74, 6) is -1.31. The molecule has 1 aliphatic heterocycles. The van der Waals surface area contributed by atoms with Crippen molar-refractivity contribution in [1.29, 1.82) is 0 Å². The van der Waals surface area contributed by atoms with Gasteiger partial charge >= 0.3 is 11.9 Å². The molecule has 0 amide bonds. The second-order valence-corrected chi connectivity index (χ2v) is 5.28. The molecule has 1 unspecified atom stereocenters. The highest BCUT2D eigenvalue weighted by Gasteiger charge is 2.40. The van der Waals surface area contributed by atoms with E-state index in [0.29, 0.717) is 6.42 Å². The van der Waals surface area contributed by atoms with Crippen LogP contribution in [0.25, 0.3) is 0 Å². The first-order valence-electron chi connectivity index (χ1n) is 5.42. The number of hydrogen-bond acceptors (Lipinski definition) is 4. The lowest BCUT2D eigenvalue weighted by Crippen LogP contribution is -2.43. The van der Waals surface area contributed by atoms with E-state index in [4.69, 9.17) is 9.84 Å². The van der Waals surface area contributed by atoms with Crippen LogP contribution >= 0.6 is 0 Å². The van der Waals surface area contributed by atoms with Crippen LogP contribution in [-0.4, -0.2) is 34.7 Å². The quantitative estimate of drug-likeness (QED) is 0.684. The largest absolute Gasteiger partial charge is 0.480 e. The molecule has 1 saturated heterocycles. The Bertz CT molecular complexity index is 295. The van der Waals surface area contributed by atoms with E-state index < -0.39 is 23.7 Å². The van der Waals surface area contributed by atoms with Gasteiger partial charge in [0, 0.05) is 0 Å². The van der Waals surface area contributed by atoms with Crippen LogP contribution in [0.4, 0.5) is 0 Å². The van der Waals surface area contributed by atoms with Crippen LogP contribution in [0, 0.1) is 5.92 Å². The van der Waals surface area contributed by atoms with Crippen molar-refractivity contribution in [2.75, 3.05) is 0 Å². The Morgan fingerprint density at radius 2 is 1.94 bits per heavy atom. The van der Waals surface area contributed by atoms with Gasteiger partial charge in [-0.2, -0.15) is 0 Å². The van der Waals surface area contributed by atoms with Gasteiger partial charge in [0.15, 0.2) is 0 Å². The zero-order valence-corrected chi connectivity index (χ0v) is 10.1. The highest BCUT2D eigenvalue weighted by atomic mass is 16.6. The van der Waals surface area contributed by atoms with Gasteiger partial charge in [-0.3, -0.25) is 14.9 Å². The van der Waals surface area contributed by atoms with E-state index in [2.05, 4.69) is 5.32 Å². The Balaban J connectivity index is 2.61. The lowest BCUT2D eigenvalue weighted by molar-refractivity contribution is -0.158. The molecule has 16 heavy (non-hydrogen) atoms. The van der Waals surface area contributed by atoms with Crippen molar-refractivity contribution in [1.82, 2.24) is 5.32 Å².